The minimum Gasteiger partial charge on any atom is -0.481 e. The number of anilines is 1. The molecule has 6 heteroatoms. The zero-order valence-corrected chi connectivity index (χ0v) is 11.8. The van der Waals surface area contributed by atoms with Crippen LogP contribution in [0.1, 0.15) is 25.0 Å². The maximum Gasteiger partial charge on any atom is 0.303 e. The van der Waals surface area contributed by atoms with Crippen molar-refractivity contribution in [3.63, 3.8) is 0 Å². The first-order valence-corrected chi connectivity index (χ1v) is 7.00. The molecule has 0 unspecified atom stereocenters. The molecule has 18 heavy (non-hydrogen) atoms. The standard InChI is InChI=1S/C12H21N3O2S/c1-15(2)8-4-3-7-13-12-14-10(9-18-12)5-6-11(16)17/h9H,3-8H2,1-2H3,(H,13,14)(H,16,17). The van der Waals surface area contributed by atoms with Crippen molar-refractivity contribution < 1.29 is 9.90 Å². The third kappa shape index (κ3) is 6.56. The van der Waals surface area contributed by atoms with Gasteiger partial charge in [-0.2, -0.15) is 0 Å². The Labute approximate surface area is 112 Å². The van der Waals surface area contributed by atoms with Crippen molar-refractivity contribution in [2.24, 2.45) is 0 Å². The summed E-state index contributed by atoms with van der Waals surface area (Å²) >= 11 is 1.54. The van der Waals surface area contributed by atoms with E-state index in [0.717, 1.165) is 36.8 Å². The Morgan fingerprint density at radius 1 is 1.50 bits per heavy atom. The molecule has 2 N–H and O–H groups in total. The summed E-state index contributed by atoms with van der Waals surface area (Å²) in [5, 5.41) is 14.7. The maximum absolute atomic E-state index is 10.4. The number of nitrogens with one attached hydrogen (secondary N) is 1. The second-order valence-corrected chi connectivity index (χ2v) is 5.33. The summed E-state index contributed by atoms with van der Waals surface area (Å²) in [5.41, 5.74) is 0.859. The Hall–Kier alpha value is -1.14. The minimum absolute atomic E-state index is 0.145. The van der Waals surface area contributed by atoms with Gasteiger partial charge in [0.25, 0.3) is 0 Å². The molecular formula is C12H21N3O2S. The van der Waals surface area contributed by atoms with E-state index in [4.69, 9.17) is 5.11 Å². The zero-order chi connectivity index (χ0) is 13.4. The Morgan fingerprint density at radius 3 is 2.94 bits per heavy atom. The molecule has 1 aromatic rings. The molecule has 1 heterocycles. The van der Waals surface area contributed by atoms with Gasteiger partial charge in [0.1, 0.15) is 0 Å². The highest BCUT2D eigenvalue weighted by atomic mass is 32.1. The van der Waals surface area contributed by atoms with Crippen LogP contribution in [0.5, 0.6) is 0 Å². The monoisotopic (exact) mass is 271 g/mol. The molecule has 0 fully saturated rings. The molecule has 0 saturated carbocycles. The minimum atomic E-state index is -0.777. The fourth-order valence-corrected chi connectivity index (χ4v) is 2.26. The van der Waals surface area contributed by atoms with E-state index in [9.17, 15) is 4.79 Å². The van der Waals surface area contributed by atoms with E-state index in [1.54, 1.807) is 0 Å². The summed E-state index contributed by atoms with van der Waals surface area (Å²) in [7, 11) is 4.14. The molecule has 0 bridgehead atoms. The van der Waals surface area contributed by atoms with Gasteiger partial charge in [-0.1, -0.05) is 0 Å². The van der Waals surface area contributed by atoms with E-state index in [0.29, 0.717) is 6.42 Å². The Balaban J connectivity index is 2.17. The van der Waals surface area contributed by atoms with Gasteiger partial charge in [-0.05, 0) is 33.5 Å². The summed E-state index contributed by atoms with van der Waals surface area (Å²) in [6, 6.07) is 0. The van der Waals surface area contributed by atoms with E-state index < -0.39 is 5.97 Å². The third-order valence-corrected chi connectivity index (χ3v) is 3.30. The highest BCUT2D eigenvalue weighted by Gasteiger charge is 2.04. The smallest absolute Gasteiger partial charge is 0.303 e. The van der Waals surface area contributed by atoms with Gasteiger partial charge in [0, 0.05) is 18.3 Å². The van der Waals surface area contributed by atoms with E-state index in [1.165, 1.54) is 11.3 Å². The van der Waals surface area contributed by atoms with Crippen molar-refractivity contribution in [3.8, 4) is 0 Å². The topological polar surface area (TPSA) is 65.5 Å². The largest absolute Gasteiger partial charge is 0.481 e. The van der Waals surface area contributed by atoms with E-state index in [-0.39, 0.29) is 6.42 Å². The van der Waals surface area contributed by atoms with Crippen LogP contribution in [0.3, 0.4) is 0 Å². The van der Waals surface area contributed by atoms with Crippen molar-refractivity contribution in [1.29, 1.82) is 0 Å². The molecule has 0 radical (unpaired) electrons. The van der Waals surface area contributed by atoms with Crippen molar-refractivity contribution in [2.75, 3.05) is 32.5 Å². The van der Waals surface area contributed by atoms with Crippen molar-refractivity contribution in [1.82, 2.24) is 9.88 Å². The molecule has 102 valence electrons. The molecule has 0 aliphatic heterocycles. The summed E-state index contributed by atoms with van der Waals surface area (Å²) < 4.78 is 0. The number of aliphatic carboxylic acids is 1. The fraction of sp³-hybridized carbons (Fsp3) is 0.667. The number of unbranched alkanes of at least 4 members (excludes halogenated alkanes) is 1. The van der Waals surface area contributed by atoms with Crippen LogP contribution in [0.4, 0.5) is 5.13 Å². The summed E-state index contributed by atoms with van der Waals surface area (Å²) in [6.07, 6.45) is 2.93. The molecule has 0 aliphatic rings. The molecule has 0 aliphatic carbocycles. The average molecular weight is 271 g/mol. The number of rotatable bonds is 9. The van der Waals surface area contributed by atoms with Gasteiger partial charge in [0.15, 0.2) is 5.13 Å². The lowest BCUT2D eigenvalue weighted by Crippen LogP contribution is -2.14. The zero-order valence-electron chi connectivity index (χ0n) is 11.0. The maximum atomic E-state index is 10.4. The molecule has 1 rings (SSSR count). The number of aromatic nitrogens is 1. The quantitative estimate of drug-likeness (QED) is 0.672. The number of carbonyl (C=O) groups is 1. The summed E-state index contributed by atoms with van der Waals surface area (Å²) in [6.45, 7) is 2.02. The predicted molar refractivity (Wildman–Crippen MR) is 74.3 cm³/mol. The van der Waals surface area contributed by atoms with E-state index in [2.05, 4.69) is 29.3 Å². The number of aryl methyl sites for hydroxylation is 1. The highest BCUT2D eigenvalue weighted by molar-refractivity contribution is 7.13. The van der Waals surface area contributed by atoms with E-state index >= 15 is 0 Å². The highest BCUT2D eigenvalue weighted by Crippen LogP contribution is 2.16. The van der Waals surface area contributed by atoms with Gasteiger partial charge < -0.3 is 15.3 Å². The van der Waals surface area contributed by atoms with Gasteiger partial charge in [-0.25, -0.2) is 4.98 Å². The van der Waals surface area contributed by atoms with Crippen LogP contribution in [0.2, 0.25) is 0 Å². The van der Waals surface area contributed by atoms with Gasteiger partial charge in [-0.3, -0.25) is 4.79 Å². The molecular weight excluding hydrogens is 250 g/mol. The van der Waals surface area contributed by atoms with E-state index in [1.807, 2.05) is 5.38 Å². The van der Waals surface area contributed by atoms with Crippen molar-refractivity contribution >= 4 is 22.4 Å². The van der Waals surface area contributed by atoms with Gasteiger partial charge in [-0.15, -0.1) is 11.3 Å². The number of hydrogen-bond acceptors (Lipinski definition) is 5. The Morgan fingerprint density at radius 2 is 2.28 bits per heavy atom. The second-order valence-electron chi connectivity index (χ2n) is 4.47. The summed E-state index contributed by atoms with van der Waals surface area (Å²) in [4.78, 5) is 17.0. The van der Waals surface area contributed by atoms with Gasteiger partial charge >= 0.3 is 5.97 Å². The van der Waals surface area contributed by atoms with Crippen LogP contribution >= 0.6 is 11.3 Å². The number of carboxylic acid groups (broad SMARTS) is 1. The first kappa shape index (κ1) is 14.9. The molecule has 1 aromatic heterocycles. The number of thiazole rings is 1. The van der Waals surface area contributed by atoms with Crippen LogP contribution in [0, 0.1) is 0 Å². The van der Waals surface area contributed by atoms with Crippen LogP contribution in [-0.2, 0) is 11.2 Å². The second kappa shape index (κ2) is 8.05. The fourth-order valence-electron chi connectivity index (χ4n) is 1.49. The van der Waals surface area contributed by atoms with Gasteiger partial charge in [0.2, 0.25) is 0 Å². The molecule has 0 atom stereocenters. The number of nitrogens with zero attached hydrogens (tertiary/aromatic N) is 2. The molecule has 0 aromatic carbocycles. The first-order chi connectivity index (χ1) is 8.58. The van der Waals surface area contributed by atoms with Crippen molar-refractivity contribution in [2.45, 2.75) is 25.7 Å². The van der Waals surface area contributed by atoms with Crippen LogP contribution in [0.25, 0.3) is 0 Å². The normalized spacial score (nSPS) is 10.8. The van der Waals surface area contributed by atoms with Crippen LogP contribution in [0.15, 0.2) is 5.38 Å². The third-order valence-electron chi connectivity index (χ3n) is 2.46. The van der Waals surface area contributed by atoms with Gasteiger partial charge in [0.05, 0.1) is 12.1 Å². The molecule has 0 saturated heterocycles. The lowest BCUT2D eigenvalue weighted by atomic mass is 10.2. The molecule has 0 spiro atoms. The van der Waals surface area contributed by atoms with Crippen LogP contribution in [-0.4, -0.2) is 48.1 Å². The number of hydrogen-bond donors (Lipinski definition) is 2. The SMILES string of the molecule is CN(C)CCCCNc1nc(CCC(=O)O)cs1. The van der Waals surface area contributed by atoms with Crippen LogP contribution < -0.4 is 5.32 Å². The Bertz CT molecular complexity index is 366. The van der Waals surface area contributed by atoms with Crippen molar-refractivity contribution in [3.05, 3.63) is 11.1 Å². The molecule has 5 nitrogen and oxygen atoms in total. The number of carboxylic acids is 1. The Kier molecular flexibility index (Phi) is 6.67. The lowest BCUT2D eigenvalue weighted by Gasteiger charge is -2.08. The summed E-state index contributed by atoms with van der Waals surface area (Å²) in [5.74, 6) is -0.777. The predicted octanol–water partition coefficient (Wildman–Crippen LogP) is 1.91. The average Bonchev–Trinajstić information content (AvgIpc) is 2.73. The molecule has 0 amide bonds. The first-order valence-electron chi connectivity index (χ1n) is 6.12. The lowest BCUT2D eigenvalue weighted by molar-refractivity contribution is -0.136.